The Balaban J connectivity index is 2.90. The second kappa shape index (κ2) is 5.09. The molecule has 0 aromatic rings. The summed E-state index contributed by atoms with van der Waals surface area (Å²) in [5, 5.41) is 0.164. The van der Waals surface area contributed by atoms with E-state index >= 15 is 0 Å². The summed E-state index contributed by atoms with van der Waals surface area (Å²) in [6.45, 7) is 5.69. The number of alkyl halides is 1. The van der Waals surface area contributed by atoms with Crippen LogP contribution in [-0.4, -0.2) is 39.2 Å². The van der Waals surface area contributed by atoms with Crippen molar-refractivity contribution in [3.05, 3.63) is 0 Å². The summed E-state index contributed by atoms with van der Waals surface area (Å²) in [5.41, 5.74) is -0.598. The fraction of sp³-hybridized carbons (Fsp3) is 0.714. The lowest BCUT2D eigenvalue weighted by molar-refractivity contribution is 0.408. The second-order valence-corrected chi connectivity index (χ2v) is 3.80. The summed E-state index contributed by atoms with van der Waals surface area (Å²) in [4.78, 5) is 9.93. The molecule has 0 aromatic carbocycles. The van der Waals surface area contributed by atoms with Crippen LogP contribution in [-0.2, 0) is 0 Å². The van der Waals surface area contributed by atoms with E-state index in [9.17, 15) is 0 Å². The monoisotopic (exact) mass is 254 g/mol. The van der Waals surface area contributed by atoms with Crippen molar-refractivity contribution >= 4 is 47.3 Å². The minimum Gasteiger partial charge on any atom is -0.342 e. The van der Waals surface area contributed by atoms with E-state index in [1.165, 1.54) is 4.31 Å². The first-order valence-corrected chi connectivity index (χ1v) is 5.50. The molecule has 1 unspecified atom stereocenters. The lowest BCUT2D eigenvalue weighted by Crippen LogP contribution is -2.44. The molecule has 0 amide bonds. The molecule has 0 spiro atoms. The van der Waals surface area contributed by atoms with Crippen molar-refractivity contribution in [2.24, 2.45) is 9.98 Å². The fourth-order valence-corrected chi connectivity index (χ4v) is 1.74. The molecule has 0 aliphatic carbocycles. The Morgan fingerprint density at radius 1 is 1.50 bits per heavy atom. The van der Waals surface area contributed by atoms with Crippen LogP contribution >= 0.6 is 36.0 Å². The van der Waals surface area contributed by atoms with Crippen molar-refractivity contribution in [1.29, 1.82) is 0 Å². The maximum absolute atomic E-state index is 5.88. The third-order valence-corrected chi connectivity index (χ3v) is 2.87. The summed E-state index contributed by atoms with van der Waals surface area (Å²) in [6, 6.07) is 0. The standard InChI is InChI=1S/C7H12Cl2N4S/c1-3-12(4-2)7-11-5(8)10-6(9)13(7)14/h6,14H,3-4H2,1-2H3. The number of rotatable bonds is 2. The molecule has 1 rings (SSSR count). The van der Waals surface area contributed by atoms with E-state index in [-0.39, 0.29) is 5.29 Å². The van der Waals surface area contributed by atoms with Crippen LogP contribution < -0.4 is 0 Å². The normalized spacial score (nSPS) is 21.8. The van der Waals surface area contributed by atoms with Gasteiger partial charge in [0.15, 0.2) is 0 Å². The quantitative estimate of drug-likeness (QED) is 0.464. The molecule has 7 heteroatoms. The average Bonchev–Trinajstić information content (AvgIpc) is 2.15. The van der Waals surface area contributed by atoms with E-state index in [1.54, 1.807) is 0 Å². The van der Waals surface area contributed by atoms with Crippen molar-refractivity contribution in [1.82, 2.24) is 9.21 Å². The molecule has 0 N–H and O–H groups in total. The Kier molecular flexibility index (Phi) is 4.34. The van der Waals surface area contributed by atoms with E-state index in [0.717, 1.165) is 13.1 Å². The summed E-state index contributed by atoms with van der Waals surface area (Å²) in [6.07, 6.45) is 0. The summed E-state index contributed by atoms with van der Waals surface area (Å²) >= 11 is 15.8. The number of hydrogen-bond donors (Lipinski definition) is 1. The molecule has 1 aliphatic heterocycles. The minimum atomic E-state index is -0.598. The van der Waals surface area contributed by atoms with Crippen molar-refractivity contribution in [3.8, 4) is 0 Å². The Morgan fingerprint density at radius 2 is 2.07 bits per heavy atom. The molecule has 0 bridgehead atoms. The summed E-state index contributed by atoms with van der Waals surface area (Å²) < 4.78 is 1.49. The first-order valence-electron chi connectivity index (χ1n) is 4.29. The van der Waals surface area contributed by atoms with Crippen LogP contribution in [0.2, 0.25) is 0 Å². The summed E-state index contributed by atoms with van der Waals surface area (Å²) in [7, 11) is 0. The van der Waals surface area contributed by atoms with Crippen LogP contribution in [0.15, 0.2) is 9.98 Å². The largest absolute Gasteiger partial charge is 0.342 e. The highest BCUT2D eigenvalue weighted by molar-refractivity contribution is 7.78. The van der Waals surface area contributed by atoms with Gasteiger partial charge in [-0.05, 0) is 25.4 Å². The van der Waals surface area contributed by atoms with Gasteiger partial charge in [-0.3, -0.25) is 4.31 Å². The van der Waals surface area contributed by atoms with Crippen molar-refractivity contribution in [2.45, 2.75) is 19.5 Å². The van der Waals surface area contributed by atoms with Gasteiger partial charge in [0.2, 0.25) is 16.9 Å². The SMILES string of the molecule is CCN(CC)C1=NC(Cl)=NC(Cl)N1S. The molecule has 0 fully saturated rings. The number of aliphatic imine (C=N–C) groups is 2. The van der Waals surface area contributed by atoms with Gasteiger partial charge in [-0.15, -0.1) is 0 Å². The maximum atomic E-state index is 5.88. The van der Waals surface area contributed by atoms with Gasteiger partial charge in [-0.1, -0.05) is 24.4 Å². The lowest BCUT2D eigenvalue weighted by Gasteiger charge is -2.32. The van der Waals surface area contributed by atoms with Gasteiger partial charge in [-0.25, -0.2) is 4.99 Å². The Bertz CT molecular complexity index is 264. The maximum Gasteiger partial charge on any atom is 0.224 e. The van der Waals surface area contributed by atoms with Gasteiger partial charge in [0.25, 0.3) is 0 Å². The Labute approximate surface area is 99.1 Å². The van der Waals surface area contributed by atoms with Gasteiger partial charge in [-0.2, -0.15) is 4.99 Å². The van der Waals surface area contributed by atoms with Crippen LogP contribution in [0.1, 0.15) is 13.8 Å². The van der Waals surface area contributed by atoms with Gasteiger partial charge in [0.1, 0.15) is 0 Å². The first-order chi connectivity index (χ1) is 6.60. The highest BCUT2D eigenvalue weighted by atomic mass is 35.5. The average molecular weight is 255 g/mol. The van der Waals surface area contributed by atoms with Gasteiger partial charge in [0.05, 0.1) is 0 Å². The number of hydrogen-bond acceptors (Lipinski definition) is 5. The first kappa shape index (κ1) is 11.9. The van der Waals surface area contributed by atoms with Crippen LogP contribution in [0.5, 0.6) is 0 Å². The van der Waals surface area contributed by atoms with Crippen LogP contribution in [0.4, 0.5) is 0 Å². The number of thiol groups is 1. The van der Waals surface area contributed by atoms with Gasteiger partial charge < -0.3 is 4.90 Å². The van der Waals surface area contributed by atoms with Gasteiger partial charge in [0, 0.05) is 13.1 Å². The topological polar surface area (TPSA) is 31.2 Å². The van der Waals surface area contributed by atoms with Crippen molar-refractivity contribution in [2.75, 3.05) is 13.1 Å². The zero-order valence-corrected chi connectivity index (χ0v) is 10.4. The molecule has 1 atom stereocenters. The summed E-state index contributed by atoms with van der Waals surface area (Å²) in [5.74, 6) is 0.637. The van der Waals surface area contributed by atoms with E-state index < -0.39 is 5.62 Å². The third kappa shape index (κ3) is 2.46. The number of guanidine groups is 1. The second-order valence-electron chi connectivity index (χ2n) is 2.64. The molecule has 1 aliphatic rings. The number of nitrogens with zero attached hydrogens (tertiary/aromatic N) is 4. The molecule has 80 valence electrons. The van der Waals surface area contributed by atoms with Crippen molar-refractivity contribution < 1.29 is 0 Å². The predicted molar refractivity (Wildman–Crippen MR) is 64.1 cm³/mol. The highest BCUT2D eigenvalue weighted by Crippen LogP contribution is 2.18. The minimum absolute atomic E-state index is 0.164. The van der Waals surface area contributed by atoms with E-state index in [0.29, 0.717) is 5.96 Å². The van der Waals surface area contributed by atoms with E-state index in [1.807, 2.05) is 18.7 Å². The molecule has 14 heavy (non-hydrogen) atoms. The van der Waals surface area contributed by atoms with E-state index in [4.69, 9.17) is 23.2 Å². The van der Waals surface area contributed by atoms with Crippen LogP contribution in [0.3, 0.4) is 0 Å². The highest BCUT2D eigenvalue weighted by Gasteiger charge is 2.24. The molecule has 0 saturated carbocycles. The molecule has 0 radical (unpaired) electrons. The zero-order valence-electron chi connectivity index (χ0n) is 7.98. The lowest BCUT2D eigenvalue weighted by atomic mass is 10.5. The molecular weight excluding hydrogens is 243 g/mol. The fourth-order valence-electron chi connectivity index (χ4n) is 1.12. The molecule has 4 nitrogen and oxygen atoms in total. The van der Waals surface area contributed by atoms with Gasteiger partial charge >= 0.3 is 0 Å². The molecular formula is C7H12Cl2N4S. The van der Waals surface area contributed by atoms with Crippen LogP contribution in [0.25, 0.3) is 0 Å². The number of halogens is 2. The predicted octanol–water partition coefficient (Wildman–Crippen LogP) is 1.96. The zero-order chi connectivity index (χ0) is 10.7. The van der Waals surface area contributed by atoms with Crippen LogP contribution in [0, 0.1) is 0 Å². The van der Waals surface area contributed by atoms with E-state index in [2.05, 4.69) is 22.8 Å². The Hall–Kier alpha value is -0.130. The Morgan fingerprint density at radius 3 is 2.57 bits per heavy atom. The molecule has 1 heterocycles. The molecule has 0 aromatic heterocycles. The third-order valence-electron chi connectivity index (χ3n) is 1.86. The van der Waals surface area contributed by atoms with Crippen molar-refractivity contribution in [3.63, 3.8) is 0 Å². The smallest absolute Gasteiger partial charge is 0.224 e. The number of amidine groups is 1. The molecule has 0 saturated heterocycles.